The average molecular weight is 614 g/mol. The monoisotopic (exact) mass is 613 g/mol. The van der Waals surface area contributed by atoms with Crippen molar-refractivity contribution in [1.29, 1.82) is 0 Å². The first-order valence-electron chi connectivity index (χ1n) is 16.8. The third-order valence-corrected chi connectivity index (χ3v) is 10.5. The Morgan fingerprint density at radius 1 is 0.542 bits per heavy atom. The van der Waals surface area contributed by atoms with Gasteiger partial charge in [0.15, 0.2) is 0 Å². The normalized spacial score (nSPS) is 12.4. The molecule has 0 amide bonds. The van der Waals surface area contributed by atoms with E-state index in [2.05, 4.69) is 165 Å². The molecule has 0 bridgehead atoms. The predicted molar refractivity (Wildman–Crippen MR) is 204 cm³/mol. The highest BCUT2D eigenvalue weighted by Gasteiger charge is 2.39. The second-order valence-corrected chi connectivity index (χ2v) is 13.4. The van der Waals surface area contributed by atoms with Gasteiger partial charge in [0.25, 0.3) is 0 Å². The molecule has 10 rings (SSSR count). The van der Waals surface area contributed by atoms with Crippen LogP contribution in [0.1, 0.15) is 16.7 Å². The smallest absolute Gasteiger partial charge is 0.248 e. The molecule has 9 aromatic rings. The number of nitrogens with zero attached hydrogens (tertiary/aromatic N) is 1. The second-order valence-electron chi connectivity index (χ2n) is 13.4. The van der Waals surface area contributed by atoms with E-state index in [4.69, 9.17) is 4.42 Å². The zero-order valence-corrected chi connectivity index (χ0v) is 27.2. The lowest BCUT2D eigenvalue weighted by atomic mass is 9.33. The number of hydrogen-bond acceptors (Lipinski definition) is 1. The lowest BCUT2D eigenvalue weighted by molar-refractivity contribution is 0.670. The summed E-state index contributed by atoms with van der Waals surface area (Å²) in [6.07, 6.45) is 0. The van der Waals surface area contributed by atoms with E-state index in [9.17, 15) is 0 Å². The maximum absolute atomic E-state index is 7.01. The summed E-state index contributed by atoms with van der Waals surface area (Å²) >= 11 is 0. The molecule has 0 saturated heterocycles. The standard InChI is InChI=1S/C45H32BNO/c1-27-24-28(2)42(29(3)25-27)46-35-19-11-12-20-36(35)47-37-26-32(30-14-6-4-7-15-30)22-23-33(37)40-41-34-18-10-13-21-38(34)48-45(41)39(43(46)44(40)47)31-16-8-5-9-17-31/h4-26H,1-3H3. The van der Waals surface area contributed by atoms with Crippen LogP contribution in [-0.2, 0) is 0 Å². The zero-order valence-electron chi connectivity index (χ0n) is 27.2. The van der Waals surface area contributed by atoms with Crippen molar-refractivity contribution in [3.05, 3.63) is 156 Å². The molecule has 0 saturated carbocycles. The SMILES string of the molecule is Cc1cc(C)c(B2c3ccccc3-n3c4cc(-c5ccccc5)ccc4c4c5c(oc6ccccc65)c(-c5ccccc5)c2c43)c(C)c1. The largest absolute Gasteiger partial charge is 0.455 e. The van der Waals surface area contributed by atoms with Crippen LogP contribution >= 0.6 is 0 Å². The summed E-state index contributed by atoms with van der Waals surface area (Å²) in [6.45, 7) is 6.79. The number of rotatable bonds is 3. The summed E-state index contributed by atoms with van der Waals surface area (Å²) in [5.74, 6) is 0. The van der Waals surface area contributed by atoms with Crippen LogP contribution in [0.25, 0.3) is 71.7 Å². The van der Waals surface area contributed by atoms with E-state index < -0.39 is 0 Å². The molecule has 226 valence electrons. The number of hydrogen-bond donors (Lipinski definition) is 0. The first-order chi connectivity index (χ1) is 23.6. The van der Waals surface area contributed by atoms with Gasteiger partial charge < -0.3 is 8.98 Å². The summed E-state index contributed by atoms with van der Waals surface area (Å²) < 4.78 is 9.57. The summed E-state index contributed by atoms with van der Waals surface area (Å²) in [7, 11) is 0. The van der Waals surface area contributed by atoms with Crippen molar-refractivity contribution in [2.24, 2.45) is 0 Å². The van der Waals surface area contributed by atoms with Crippen LogP contribution in [0.4, 0.5) is 0 Å². The minimum atomic E-state index is 0.0162. The topological polar surface area (TPSA) is 18.1 Å². The van der Waals surface area contributed by atoms with E-state index >= 15 is 0 Å². The van der Waals surface area contributed by atoms with Crippen molar-refractivity contribution in [3.8, 4) is 27.9 Å². The Morgan fingerprint density at radius 3 is 1.98 bits per heavy atom. The summed E-state index contributed by atoms with van der Waals surface area (Å²) in [5, 5.41) is 4.85. The van der Waals surface area contributed by atoms with Gasteiger partial charge in [-0.2, -0.15) is 0 Å². The van der Waals surface area contributed by atoms with Crippen LogP contribution in [0.3, 0.4) is 0 Å². The molecule has 0 atom stereocenters. The first kappa shape index (κ1) is 27.3. The highest BCUT2D eigenvalue weighted by Crippen LogP contribution is 2.46. The molecule has 2 aromatic heterocycles. The highest BCUT2D eigenvalue weighted by molar-refractivity contribution is 6.99. The first-order valence-corrected chi connectivity index (χ1v) is 16.8. The Hall–Kier alpha value is -5.80. The summed E-state index contributed by atoms with van der Waals surface area (Å²) in [6, 6.07) is 51.0. The number of aromatic nitrogens is 1. The van der Waals surface area contributed by atoms with Gasteiger partial charge in [-0.1, -0.05) is 143 Å². The quantitative estimate of drug-likeness (QED) is 0.182. The molecule has 1 aliphatic rings. The Kier molecular flexibility index (Phi) is 5.75. The number of aryl methyl sites for hydroxylation is 3. The Morgan fingerprint density at radius 2 is 1.21 bits per heavy atom. The number of benzene rings is 7. The Labute approximate surface area is 280 Å². The molecule has 0 N–H and O–H groups in total. The minimum Gasteiger partial charge on any atom is -0.455 e. The molecule has 1 aliphatic heterocycles. The zero-order chi connectivity index (χ0) is 32.1. The van der Waals surface area contributed by atoms with Gasteiger partial charge in [0, 0.05) is 32.8 Å². The molecule has 0 fully saturated rings. The minimum absolute atomic E-state index is 0.0162. The summed E-state index contributed by atoms with van der Waals surface area (Å²) in [5.41, 5.74) is 18.3. The maximum Gasteiger partial charge on any atom is 0.248 e. The molecule has 0 spiro atoms. The van der Waals surface area contributed by atoms with E-state index in [1.165, 1.54) is 88.2 Å². The van der Waals surface area contributed by atoms with Crippen molar-refractivity contribution in [1.82, 2.24) is 4.57 Å². The molecule has 0 aliphatic carbocycles. The van der Waals surface area contributed by atoms with Gasteiger partial charge in [-0.15, -0.1) is 0 Å². The third-order valence-electron chi connectivity index (χ3n) is 10.5. The van der Waals surface area contributed by atoms with E-state index in [1.54, 1.807) is 0 Å². The summed E-state index contributed by atoms with van der Waals surface area (Å²) in [4.78, 5) is 0. The molecule has 3 heteroatoms. The van der Waals surface area contributed by atoms with Crippen LogP contribution in [0.5, 0.6) is 0 Å². The van der Waals surface area contributed by atoms with Crippen LogP contribution in [0.15, 0.2) is 144 Å². The predicted octanol–water partition coefficient (Wildman–Crippen LogP) is 9.77. The Balaban J connectivity index is 1.50. The maximum atomic E-state index is 7.01. The van der Waals surface area contributed by atoms with E-state index in [0.29, 0.717) is 0 Å². The third kappa shape index (κ3) is 3.70. The van der Waals surface area contributed by atoms with Gasteiger partial charge in [0.2, 0.25) is 6.71 Å². The molecular formula is C45H32BNO. The fraction of sp³-hybridized carbons (Fsp3) is 0.0667. The average Bonchev–Trinajstić information content (AvgIpc) is 3.66. The molecule has 0 radical (unpaired) electrons. The van der Waals surface area contributed by atoms with Crippen molar-refractivity contribution in [3.63, 3.8) is 0 Å². The second kappa shape index (κ2) is 10.1. The highest BCUT2D eigenvalue weighted by atomic mass is 16.3. The van der Waals surface area contributed by atoms with Crippen molar-refractivity contribution in [2.75, 3.05) is 0 Å². The molecular weight excluding hydrogens is 581 g/mol. The fourth-order valence-electron chi connectivity index (χ4n) is 8.78. The van der Waals surface area contributed by atoms with Gasteiger partial charge in [-0.25, -0.2) is 0 Å². The van der Waals surface area contributed by atoms with Gasteiger partial charge in [-0.3, -0.25) is 0 Å². The Bertz CT molecular complexity index is 2730. The van der Waals surface area contributed by atoms with Crippen LogP contribution in [0.2, 0.25) is 0 Å². The number of para-hydroxylation sites is 2. The van der Waals surface area contributed by atoms with Gasteiger partial charge in [0.1, 0.15) is 11.2 Å². The van der Waals surface area contributed by atoms with Crippen LogP contribution in [-0.4, -0.2) is 11.3 Å². The van der Waals surface area contributed by atoms with Crippen LogP contribution in [0, 0.1) is 20.8 Å². The van der Waals surface area contributed by atoms with E-state index in [1.807, 2.05) is 0 Å². The lowest BCUT2D eigenvalue weighted by Crippen LogP contribution is -2.58. The van der Waals surface area contributed by atoms with Crippen LogP contribution < -0.4 is 16.4 Å². The lowest BCUT2D eigenvalue weighted by Gasteiger charge is -2.31. The molecule has 2 nitrogen and oxygen atoms in total. The van der Waals surface area contributed by atoms with Gasteiger partial charge in [0.05, 0.1) is 11.0 Å². The van der Waals surface area contributed by atoms with E-state index in [0.717, 1.165) is 16.6 Å². The van der Waals surface area contributed by atoms with Crippen molar-refractivity contribution >= 4 is 66.8 Å². The number of fused-ring (bicyclic) bond motifs is 9. The number of furan rings is 1. The molecule has 3 heterocycles. The molecule has 0 unspecified atom stereocenters. The van der Waals surface area contributed by atoms with Gasteiger partial charge in [-0.05, 0) is 66.6 Å². The molecule has 7 aromatic carbocycles. The van der Waals surface area contributed by atoms with Gasteiger partial charge >= 0.3 is 0 Å². The van der Waals surface area contributed by atoms with Crippen molar-refractivity contribution in [2.45, 2.75) is 20.8 Å². The van der Waals surface area contributed by atoms with Crippen molar-refractivity contribution < 1.29 is 4.42 Å². The molecule has 48 heavy (non-hydrogen) atoms. The van der Waals surface area contributed by atoms with E-state index in [-0.39, 0.29) is 6.71 Å². The fourth-order valence-corrected chi connectivity index (χ4v) is 8.78.